The van der Waals surface area contributed by atoms with Crippen molar-refractivity contribution in [3.05, 3.63) is 35.9 Å². The van der Waals surface area contributed by atoms with Gasteiger partial charge in [0, 0.05) is 72.6 Å². The standard InChI is InChI=1S/C23H39N5O2.HI/c1-24-23(25-10-6-17-29-20-22-9-5-18-30-22)26-11-12-27-13-15-28(16-14-27)19-21-7-3-2-4-8-21;/h2-4,7-8,22H,5-6,9-20H2,1H3,(H2,24,25,26);1H. The Balaban J connectivity index is 0.00000341. The summed E-state index contributed by atoms with van der Waals surface area (Å²) >= 11 is 0. The van der Waals surface area contributed by atoms with Crippen molar-refractivity contribution < 1.29 is 9.47 Å². The molecule has 2 heterocycles. The van der Waals surface area contributed by atoms with Crippen molar-refractivity contribution in [3.8, 4) is 0 Å². The van der Waals surface area contributed by atoms with E-state index in [1.165, 1.54) is 12.0 Å². The molecular formula is C23H40IN5O2. The number of guanidine groups is 1. The summed E-state index contributed by atoms with van der Waals surface area (Å²) in [5, 5.41) is 6.80. The van der Waals surface area contributed by atoms with Gasteiger partial charge < -0.3 is 20.1 Å². The van der Waals surface area contributed by atoms with Gasteiger partial charge in [-0.05, 0) is 24.8 Å². The summed E-state index contributed by atoms with van der Waals surface area (Å²) in [5.41, 5.74) is 1.40. The summed E-state index contributed by atoms with van der Waals surface area (Å²) in [6, 6.07) is 10.8. The largest absolute Gasteiger partial charge is 0.379 e. The first-order valence-electron chi connectivity index (χ1n) is 11.5. The van der Waals surface area contributed by atoms with Gasteiger partial charge >= 0.3 is 0 Å². The maximum absolute atomic E-state index is 5.70. The molecule has 1 aromatic carbocycles. The van der Waals surface area contributed by atoms with E-state index in [0.717, 1.165) is 91.0 Å². The van der Waals surface area contributed by atoms with E-state index in [0.29, 0.717) is 6.10 Å². The summed E-state index contributed by atoms with van der Waals surface area (Å²) in [4.78, 5) is 9.39. The topological polar surface area (TPSA) is 61.4 Å². The minimum absolute atomic E-state index is 0. The quantitative estimate of drug-likeness (QED) is 0.193. The molecule has 1 unspecified atom stereocenters. The third-order valence-electron chi connectivity index (χ3n) is 5.74. The van der Waals surface area contributed by atoms with Gasteiger partial charge in [0.1, 0.15) is 0 Å². The highest BCUT2D eigenvalue weighted by molar-refractivity contribution is 14.0. The van der Waals surface area contributed by atoms with Crippen molar-refractivity contribution in [2.45, 2.75) is 31.9 Å². The summed E-state index contributed by atoms with van der Waals surface area (Å²) in [6.07, 6.45) is 3.59. The van der Waals surface area contributed by atoms with Gasteiger partial charge in [0.05, 0.1) is 12.7 Å². The fourth-order valence-corrected chi connectivity index (χ4v) is 3.94. The van der Waals surface area contributed by atoms with Crippen LogP contribution in [0.5, 0.6) is 0 Å². The molecule has 0 aliphatic carbocycles. The predicted octanol–water partition coefficient (Wildman–Crippen LogP) is 2.17. The van der Waals surface area contributed by atoms with Gasteiger partial charge in [-0.3, -0.25) is 14.8 Å². The molecule has 176 valence electrons. The number of nitrogens with zero attached hydrogens (tertiary/aromatic N) is 3. The first kappa shape index (κ1) is 26.3. The van der Waals surface area contributed by atoms with Gasteiger partial charge in [-0.1, -0.05) is 30.3 Å². The molecule has 2 fully saturated rings. The molecule has 8 heteroatoms. The Morgan fingerprint density at radius 2 is 1.84 bits per heavy atom. The number of halogens is 1. The van der Waals surface area contributed by atoms with Crippen LogP contribution in [0, 0.1) is 0 Å². The van der Waals surface area contributed by atoms with Crippen LogP contribution in [-0.4, -0.2) is 94.5 Å². The molecule has 2 aliphatic heterocycles. The molecule has 2 aliphatic rings. The highest BCUT2D eigenvalue weighted by Gasteiger charge is 2.17. The van der Waals surface area contributed by atoms with Crippen LogP contribution in [0.1, 0.15) is 24.8 Å². The van der Waals surface area contributed by atoms with Crippen LogP contribution in [0.4, 0.5) is 0 Å². The number of hydrogen-bond donors (Lipinski definition) is 2. The second-order valence-electron chi connectivity index (χ2n) is 8.09. The van der Waals surface area contributed by atoms with Gasteiger partial charge in [0.15, 0.2) is 5.96 Å². The molecule has 0 radical (unpaired) electrons. The molecule has 0 amide bonds. The average molecular weight is 546 g/mol. The second-order valence-corrected chi connectivity index (χ2v) is 8.09. The van der Waals surface area contributed by atoms with E-state index in [-0.39, 0.29) is 24.0 Å². The van der Waals surface area contributed by atoms with E-state index < -0.39 is 0 Å². The summed E-state index contributed by atoms with van der Waals surface area (Å²) in [5.74, 6) is 0.872. The Hall–Kier alpha value is -0.940. The van der Waals surface area contributed by atoms with Crippen LogP contribution in [0.25, 0.3) is 0 Å². The second kappa shape index (κ2) is 15.8. The van der Waals surface area contributed by atoms with Crippen LogP contribution in [0.15, 0.2) is 35.3 Å². The highest BCUT2D eigenvalue weighted by atomic mass is 127. The molecule has 2 N–H and O–H groups in total. The Labute approximate surface area is 205 Å². The van der Waals surface area contributed by atoms with Crippen molar-refractivity contribution in [1.29, 1.82) is 0 Å². The van der Waals surface area contributed by atoms with Crippen LogP contribution >= 0.6 is 24.0 Å². The van der Waals surface area contributed by atoms with E-state index in [1.54, 1.807) is 0 Å². The van der Waals surface area contributed by atoms with Crippen LogP contribution in [-0.2, 0) is 16.0 Å². The van der Waals surface area contributed by atoms with Gasteiger partial charge in [-0.25, -0.2) is 0 Å². The lowest BCUT2D eigenvalue weighted by Crippen LogP contribution is -2.49. The Kier molecular flexibility index (Phi) is 13.4. The fraction of sp³-hybridized carbons (Fsp3) is 0.696. The van der Waals surface area contributed by atoms with Crippen molar-refractivity contribution in [1.82, 2.24) is 20.4 Å². The predicted molar refractivity (Wildman–Crippen MR) is 137 cm³/mol. The Morgan fingerprint density at radius 1 is 1.10 bits per heavy atom. The monoisotopic (exact) mass is 545 g/mol. The SMILES string of the molecule is CN=C(NCCCOCC1CCCO1)NCCN1CCN(Cc2ccccc2)CC1.I. The minimum Gasteiger partial charge on any atom is -0.379 e. The maximum Gasteiger partial charge on any atom is 0.191 e. The van der Waals surface area contributed by atoms with Crippen LogP contribution < -0.4 is 10.6 Å². The van der Waals surface area contributed by atoms with Crippen LogP contribution in [0.2, 0.25) is 0 Å². The molecule has 1 atom stereocenters. The molecule has 0 bridgehead atoms. The maximum atomic E-state index is 5.70. The van der Waals surface area contributed by atoms with Gasteiger partial charge in [0.2, 0.25) is 0 Å². The van der Waals surface area contributed by atoms with E-state index in [9.17, 15) is 0 Å². The molecule has 2 saturated heterocycles. The zero-order valence-corrected chi connectivity index (χ0v) is 21.3. The number of benzene rings is 1. The molecule has 0 spiro atoms. The van der Waals surface area contributed by atoms with E-state index in [1.807, 2.05) is 7.05 Å². The smallest absolute Gasteiger partial charge is 0.191 e. The number of nitrogens with one attached hydrogen (secondary N) is 2. The van der Waals surface area contributed by atoms with E-state index in [4.69, 9.17) is 9.47 Å². The number of rotatable bonds is 11. The van der Waals surface area contributed by atoms with Crippen molar-refractivity contribution in [2.24, 2.45) is 4.99 Å². The van der Waals surface area contributed by atoms with Crippen molar-refractivity contribution >= 4 is 29.9 Å². The lowest BCUT2D eigenvalue weighted by atomic mass is 10.2. The third-order valence-corrected chi connectivity index (χ3v) is 5.74. The number of hydrogen-bond acceptors (Lipinski definition) is 5. The lowest BCUT2D eigenvalue weighted by Gasteiger charge is -2.34. The highest BCUT2D eigenvalue weighted by Crippen LogP contribution is 2.11. The zero-order valence-electron chi connectivity index (χ0n) is 18.9. The number of piperazine rings is 1. The molecule has 0 aromatic heterocycles. The van der Waals surface area contributed by atoms with Gasteiger partial charge in [0.25, 0.3) is 0 Å². The molecule has 3 rings (SSSR count). The van der Waals surface area contributed by atoms with E-state index >= 15 is 0 Å². The Morgan fingerprint density at radius 3 is 2.55 bits per heavy atom. The van der Waals surface area contributed by atoms with Crippen molar-refractivity contribution in [3.63, 3.8) is 0 Å². The molecule has 7 nitrogen and oxygen atoms in total. The molecular weight excluding hydrogens is 505 g/mol. The first-order chi connectivity index (χ1) is 14.8. The lowest BCUT2D eigenvalue weighted by molar-refractivity contribution is 0.0168. The summed E-state index contributed by atoms with van der Waals surface area (Å²) in [7, 11) is 1.83. The summed E-state index contributed by atoms with van der Waals surface area (Å²) < 4.78 is 11.3. The first-order valence-corrected chi connectivity index (χ1v) is 11.5. The zero-order chi connectivity index (χ0) is 20.9. The molecule has 1 aromatic rings. The van der Waals surface area contributed by atoms with Gasteiger partial charge in [-0.15, -0.1) is 24.0 Å². The Bertz CT molecular complexity index is 605. The normalized spacial score (nSPS) is 20.4. The van der Waals surface area contributed by atoms with Crippen molar-refractivity contribution in [2.75, 3.05) is 72.7 Å². The molecule has 0 saturated carbocycles. The van der Waals surface area contributed by atoms with E-state index in [2.05, 4.69) is 55.8 Å². The van der Waals surface area contributed by atoms with Crippen LogP contribution in [0.3, 0.4) is 0 Å². The number of ether oxygens (including phenoxy) is 2. The minimum atomic E-state index is 0. The molecule has 31 heavy (non-hydrogen) atoms. The number of aliphatic imine (C=N–C) groups is 1. The third kappa shape index (κ3) is 10.5. The fourth-order valence-electron chi connectivity index (χ4n) is 3.94. The average Bonchev–Trinajstić information content (AvgIpc) is 3.30. The summed E-state index contributed by atoms with van der Waals surface area (Å²) in [6.45, 7) is 10.8. The van der Waals surface area contributed by atoms with Gasteiger partial charge in [-0.2, -0.15) is 0 Å².